The molecule has 1 unspecified atom stereocenters. The fraction of sp³-hybridized carbons (Fsp3) is 0.212. The Hall–Kier alpha value is -4.96. The number of amides is 1. The number of thiazole rings is 1. The van der Waals surface area contributed by atoms with Crippen LogP contribution in [-0.4, -0.2) is 41.5 Å². The maximum Gasteiger partial charge on any atom is 0.350 e. The van der Waals surface area contributed by atoms with E-state index < -0.39 is 23.7 Å². The van der Waals surface area contributed by atoms with Gasteiger partial charge in [0.05, 0.1) is 31.0 Å². The molecule has 1 aliphatic heterocycles. The first-order valence-electron chi connectivity index (χ1n) is 13.6. The van der Waals surface area contributed by atoms with Crippen LogP contribution < -0.4 is 14.4 Å². The number of rotatable bonds is 9. The number of Topliss-reactive ketones (excluding diaryl/α,β-unsaturated/α-hetero) is 1. The van der Waals surface area contributed by atoms with Gasteiger partial charge < -0.3 is 19.3 Å². The summed E-state index contributed by atoms with van der Waals surface area (Å²) in [4.78, 5) is 45.4. The van der Waals surface area contributed by atoms with Crippen LogP contribution in [0.1, 0.15) is 50.6 Å². The molecule has 0 saturated carbocycles. The van der Waals surface area contributed by atoms with Crippen LogP contribution in [0.15, 0.2) is 78.4 Å². The van der Waals surface area contributed by atoms with Gasteiger partial charge in [-0.05, 0) is 44.0 Å². The van der Waals surface area contributed by atoms with E-state index in [4.69, 9.17) is 14.2 Å². The maximum atomic E-state index is 13.6. The number of anilines is 1. The molecule has 0 spiro atoms. The van der Waals surface area contributed by atoms with E-state index in [9.17, 15) is 19.5 Å². The zero-order valence-corrected chi connectivity index (χ0v) is 24.9. The summed E-state index contributed by atoms with van der Waals surface area (Å²) in [5.74, 6) is -1.81. The molecule has 1 amide bonds. The summed E-state index contributed by atoms with van der Waals surface area (Å²) in [6.45, 7) is 6.01. The van der Waals surface area contributed by atoms with E-state index in [1.165, 1.54) is 12.0 Å². The molecule has 1 aromatic heterocycles. The molecule has 0 radical (unpaired) electrons. The molecule has 43 heavy (non-hydrogen) atoms. The van der Waals surface area contributed by atoms with Crippen molar-refractivity contribution in [3.05, 3.63) is 111 Å². The van der Waals surface area contributed by atoms with E-state index in [1.807, 2.05) is 44.2 Å². The van der Waals surface area contributed by atoms with E-state index in [2.05, 4.69) is 4.98 Å². The van der Waals surface area contributed by atoms with E-state index in [1.54, 1.807) is 49.4 Å². The van der Waals surface area contributed by atoms with Crippen LogP contribution in [0.3, 0.4) is 0 Å². The number of aliphatic hydroxyl groups is 1. The Morgan fingerprint density at radius 1 is 0.977 bits per heavy atom. The number of aromatic nitrogens is 1. The van der Waals surface area contributed by atoms with Crippen molar-refractivity contribution in [2.24, 2.45) is 0 Å². The first kappa shape index (κ1) is 29.5. The van der Waals surface area contributed by atoms with Crippen molar-refractivity contribution in [1.29, 1.82) is 0 Å². The van der Waals surface area contributed by atoms with Crippen molar-refractivity contribution >= 4 is 39.9 Å². The normalized spacial score (nSPS) is 15.9. The van der Waals surface area contributed by atoms with Crippen LogP contribution >= 0.6 is 11.3 Å². The lowest BCUT2D eigenvalue weighted by atomic mass is 9.95. The van der Waals surface area contributed by atoms with Crippen molar-refractivity contribution in [3.63, 3.8) is 0 Å². The lowest BCUT2D eigenvalue weighted by Crippen LogP contribution is -2.29. The van der Waals surface area contributed by atoms with Gasteiger partial charge >= 0.3 is 11.9 Å². The number of ketones is 1. The number of aryl methyl sites for hydroxylation is 2. The van der Waals surface area contributed by atoms with Gasteiger partial charge in [-0.25, -0.2) is 9.78 Å². The number of nitrogens with zero attached hydrogens (tertiary/aromatic N) is 2. The van der Waals surface area contributed by atoms with Crippen molar-refractivity contribution in [2.75, 3.05) is 18.6 Å². The molecule has 4 aromatic rings. The van der Waals surface area contributed by atoms with Gasteiger partial charge in [-0.2, -0.15) is 0 Å². The summed E-state index contributed by atoms with van der Waals surface area (Å²) in [5, 5.41) is 11.6. The lowest BCUT2D eigenvalue weighted by molar-refractivity contribution is -0.132. The number of carbonyl (C=O) groups is 3. The fourth-order valence-corrected chi connectivity index (χ4v) is 5.81. The first-order valence-corrected chi connectivity index (χ1v) is 14.4. The van der Waals surface area contributed by atoms with Crippen molar-refractivity contribution in [2.45, 2.75) is 33.4 Å². The lowest BCUT2D eigenvalue weighted by Gasteiger charge is -2.24. The van der Waals surface area contributed by atoms with Gasteiger partial charge in [-0.15, -0.1) is 0 Å². The smallest absolute Gasteiger partial charge is 0.350 e. The summed E-state index contributed by atoms with van der Waals surface area (Å²) >= 11 is 0.936. The third-order valence-electron chi connectivity index (χ3n) is 6.95. The molecule has 3 aromatic carbocycles. The molecule has 5 rings (SSSR count). The Kier molecular flexibility index (Phi) is 8.58. The highest BCUT2D eigenvalue weighted by molar-refractivity contribution is 7.17. The molecule has 0 bridgehead atoms. The van der Waals surface area contributed by atoms with Gasteiger partial charge in [-0.1, -0.05) is 77.6 Å². The third-order valence-corrected chi connectivity index (χ3v) is 8.09. The second-order valence-corrected chi connectivity index (χ2v) is 10.8. The number of ether oxygens (including phenoxy) is 3. The minimum Gasteiger partial charge on any atom is -0.507 e. The maximum absolute atomic E-state index is 13.6. The van der Waals surface area contributed by atoms with E-state index in [0.29, 0.717) is 41.5 Å². The van der Waals surface area contributed by atoms with Crippen LogP contribution in [0.4, 0.5) is 5.13 Å². The van der Waals surface area contributed by atoms with Crippen LogP contribution in [0.2, 0.25) is 0 Å². The zero-order valence-electron chi connectivity index (χ0n) is 24.1. The highest BCUT2D eigenvalue weighted by Crippen LogP contribution is 2.45. The Bertz CT molecular complexity index is 1710. The Morgan fingerprint density at radius 3 is 2.37 bits per heavy atom. The fourth-order valence-electron chi connectivity index (χ4n) is 4.80. The van der Waals surface area contributed by atoms with E-state index >= 15 is 0 Å². The highest BCUT2D eigenvalue weighted by atomic mass is 32.1. The second-order valence-electron chi connectivity index (χ2n) is 9.85. The zero-order chi connectivity index (χ0) is 30.7. The van der Waals surface area contributed by atoms with Crippen LogP contribution in [0.25, 0.3) is 5.76 Å². The van der Waals surface area contributed by atoms with Gasteiger partial charge in [-0.3, -0.25) is 14.5 Å². The minimum atomic E-state index is -1.07. The monoisotopic (exact) mass is 598 g/mol. The summed E-state index contributed by atoms with van der Waals surface area (Å²) < 4.78 is 16.9. The predicted octanol–water partition coefficient (Wildman–Crippen LogP) is 6.15. The van der Waals surface area contributed by atoms with E-state index in [0.717, 1.165) is 22.5 Å². The largest absolute Gasteiger partial charge is 0.507 e. The number of carbonyl (C=O) groups excluding carboxylic acids is 3. The molecule has 1 saturated heterocycles. The van der Waals surface area contributed by atoms with Gasteiger partial charge in [0.1, 0.15) is 17.2 Å². The number of benzene rings is 3. The molecular weight excluding hydrogens is 568 g/mol. The SMILES string of the molecule is CCOc1cc(C2C(=C(O)c3ccc(C)cc3)C(=O)C(=O)N2c2nc(C)c(C(=O)OC)s2)ccc1OCc1ccccc1. The van der Waals surface area contributed by atoms with E-state index in [-0.39, 0.29) is 21.3 Å². The third kappa shape index (κ3) is 5.87. The number of esters is 1. The second kappa shape index (κ2) is 12.5. The van der Waals surface area contributed by atoms with Gasteiger partial charge in [0, 0.05) is 5.56 Å². The van der Waals surface area contributed by atoms with Gasteiger partial charge in [0.25, 0.3) is 5.78 Å². The first-order chi connectivity index (χ1) is 20.7. The topological polar surface area (TPSA) is 115 Å². The van der Waals surface area contributed by atoms with Crippen LogP contribution in [-0.2, 0) is 20.9 Å². The van der Waals surface area contributed by atoms with Crippen molar-refractivity contribution < 1.29 is 33.7 Å². The average Bonchev–Trinajstić information content (AvgIpc) is 3.52. The molecule has 1 aliphatic rings. The Balaban J connectivity index is 1.65. The molecule has 1 fully saturated rings. The molecule has 1 N–H and O–H groups in total. The van der Waals surface area contributed by atoms with Gasteiger partial charge in [0.2, 0.25) is 0 Å². The van der Waals surface area contributed by atoms with Crippen LogP contribution in [0.5, 0.6) is 11.5 Å². The summed E-state index contributed by atoms with van der Waals surface area (Å²) in [6.07, 6.45) is 0. The standard InChI is InChI=1S/C33H30N2O7S/c1-5-41-25-17-23(15-16-24(25)42-18-21-9-7-6-8-10-21)27-26(28(36)22-13-11-19(2)12-14-22)29(37)31(38)35(27)33-34-20(3)30(43-33)32(39)40-4/h6-17,27,36H,5,18H2,1-4H3. The summed E-state index contributed by atoms with van der Waals surface area (Å²) in [5.41, 5.74) is 3.05. The molecule has 2 heterocycles. The van der Waals surface area contributed by atoms with Crippen LogP contribution in [0, 0.1) is 13.8 Å². The quantitative estimate of drug-likeness (QED) is 0.106. The molecule has 10 heteroatoms. The average molecular weight is 599 g/mol. The summed E-state index contributed by atoms with van der Waals surface area (Å²) in [7, 11) is 1.26. The molecule has 9 nitrogen and oxygen atoms in total. The molecule has 220 valence electrons. The summed E-state index contributed by atoms with van der Waals surface area (Å²) in [6, 6.07) is 20.7. The van der Waals surface area contributed by atoms with Crippen molar-refractivity contribution in [3.8, 4) is 11.5 Å². The predicted molar refractivity (Wildman–Crippen MR) is 163 cm³/mol. The Morgan fingerprint density at radius 2 is 1.70 bits per heavy atom. The number of methoxy groups -OCH3 is 1. The molecule has 0 aliphatic carbocycles. The number of hydrogen-bond donors (Lipinski definition) is 1. The highest BCUT2D eigenvalue weighted by Gasteiger charge is 2.48. The van der Waals surface area contributed by atoms with Gasteiger partial charge in [0.15, 0.2) is 16.6 Å². The number of aliphatic hydroxyl groups excluding tert-OH is 1. The molecular formula is C33H30N2O7S. The Labute approximate surface area is 253 Å². The molecule has 1 atom stereocenters. The van der Waals surface area contributed by atoms with Crippen molar-refractivity contribution in [1.82, 2.24) is 4.98 Å². The number of hydrogen-bond acceptors (Lipinski definition) is 9. The minimum absolute atomic E-state index is 0.110.